The zero-order valence-electron chi connectivity index (χ0n) is 15.6. The molecule has 1 aliphatic carbocycles. The number of ether oxygens (including phenoxy) is 1. The summed E-state index contributed by atoms with van der Waals surface area (Å²) in [5.74, 6) is 0. The van der Waals surface area contributed by atoms with E-state index in [1.165, 1.54) is 17.2 Å². The lowest BCUT2D eigenvalue weighted by molar-refractivity contribution is -0.0267. The Morgan fingerprint density at radius 2 is 2.18 bits per heavy atom. The molecule has 28 heavy (non-hydrogen) atoms. The van der Waals surface area contributed by atoms with E-state index >= 15 is 0 Å². The molecule has 3 rings (SSSR count). The Morgan fingerprint density at radius 3 is 2.89 bits per heavy atom. The van der Waals surface area contributed by atoms with Gasteiger partial charge in [0.2, 0.25) is 0 Å². The molecule has 2 fully saturated rings. The van der Waals surface area contributed by atoms with Gasteiger partial charge < -0.3 is 18.7 Å². The van der Waals surface area contributed by atoms with Crippen molar-refractivity contribution in [3.8, 4) is 0 Å². The average molecular weight is 413 g/mol. The molecule has 1 aliphatic heterocycles. The Morgan fingerprint density at radius 1 is 1.43 bits per heavy atom. The zero-order chi connectivity index (χ0) is 20.1. The van der Waals surface area contributed by atoms with Crippen LogP contribution < -0.4 is 11.2 Å². The lowest BCUT2D eigenvalue weighted by Gasteiger charge is -2.24. The summed E-state index contributed by atoms with van der Waals surface area (Å²) in [6, 6.07) is -0.577. The van der Waals surface area contributed by atoms with E-state index in [1.54, 1.807) is 6.92 Å². The summed E-state index contributed by atoms with van der Waals surface area (Å²) in [6.07, 6.45) is 5.44. The maximum atomic E-state index is 12.1. The van der Waals surface area contributed by atoms with E-state index in [-0.39, 0.29) is 19.1 Å². The quantitative estimate of drug-likeness (QED) is 0.303. The number of hydrogen-bond acceptors (Lipinski definition) is 7. The first-order valence-corrected chi connectivity index (χ1v) is 10.4. The van der Waals surface area contributed by atoms with E-state index in [1.807, 2.05) is 0 Å². The fourth-order valence-electron chi connectivity index (χ4n) is 3.49. The van der Waals surface area contributed by atoms with Gasteiger partial charge in [0.25, 0.3) is 5.56 Å². The molecule has 1 unspecified atom stereocenters. The number of aromatic amines is 1. The van der Waals surface area contributed by atoms with Gasteiger partial charge in [0.1, 0.15) is 6.23 Å². The maximum absolute atomic E-state index is 12.1. The van der Waals surface area contributed by atoms with Gasteiger partial charge in [-0.25, -0.2) is 4.79 Å². The fraction of sp³-hybridized carbons (Fsp3) is 0.750. The van der Waals surface area contributed by atoms with E-state index < -0.39 is 38.2 Å². The normalized spacial score (nSPS) is 26.7. The predicted molar refractivity (Wildman–Crippen MR) is 101 cm³/mol. The van der Waals surface area contributed by atoms with Crippen molar-refractivity contribution in [3.63, 3.8) is 0 Å². The Bertz CT molecular complexity index is 832. The third-order valence-electron chi connectivity index (χ3n) is 5.00. The van der Waals surface area contributed by atoms with Crippen LogP contribution in [-0.4, -0.2) is 39.3 Å². The molecule has 1 aromatic rings. The molecule has 0 aromatic carbocycles. The molecule has 0 bridgehead atoms. The minimum absolute atomic E-state index is 0.00210. The second-order valence-corrected chi connectivity index (χ2v) is 7.96. The van der Waals surface area contributed by atoms with Crippen LogP contribution in [0.2, 0.25) is 0 Å². The van der Waals surface area contributed by atoms with Crippen LogP contribution in [-0.2, 0) is 13.8 Å². The average Bonchev–Trinajstić information content (AvgIpc) is 3.07. The fourth-order valence-corrected chi connectivity index (χ4v) is 4.29. The Labute approximate surface area is 162 Å². The summed E-state index contributed by atoms with van der Waals surface area (Å²) in [4.78, 5) is 38.7. The van der Waals surface area contributed by atoms with E-state index in [9.17, 15) is 14.5 Å². The van der Waals surface area contributed by atoms with Gasteiger partial charge in [-0.3, -0.25) is 14.3 Å². The number of rotatable bonds is 7. The predicted octanol–water partition coefficient (Wildman–Crippen LogP) is 2.40. The van der Waals surface area contributed by atoms with Gasteiger partial charge in [0, 0.05) is 23.1 Å². The highest BCUT2D eigenvalue weighted by Crippen LogP contribution is 2.40. The van der Waals surface area contributed by atoms with Crippen molar-refractivity contribution in [1.29, 1.82) is 0 Å². The van der Waals surface area contributed by atoms with Crippen LogP contribution in [0.25, 0.3) is 10.4 Å². The van der Waals surface area contributed by atoms with E-state index in [2.05, 4.69) is 15.0 Å². The van der Waals surface area contributed by atoms with Crippen LogP contribution in [0.1, 0.15) is 50.3 Å². The molecule has 1 aromatic heterocycles. The molecule has 1 saturated heterocycles. The minimum Gasteiger partial charge on any atom is -0.352 e. The molecule has 4 atom stereocenters. The highest BCUT2D eigenvalue weighted by atomic mass is 31.2. The summed E-state index contributed by atoms with van der Waals surface area (Å²) in [5.41, 5.74) is 8.10. The number of nitrogens with zero attached hydrogens (tertiary/aromatic N) is 4. The smallest absolute Gasteiger partial charge is 0.330 e. The summed E-state index contributed by atoms with van der Waals surface area (Å²) in [7, 11) is -2.06. The van der Waals surface area contributed by atoms with Crippen LogP contribution in [0.4, 0.5) is 0 Å². The SMILES string of the molecule is Cc1cn([C@H]2C[C@H](N=[N+]=[N-])[C@@H](COP(O)OC3CCCCC3)O2)c(=O)[nH]c1=O. The lowest BCUT2D eigenvalue weighted by atomic mass is 9.98. The van der Waals surface area contributed by atoms with Gasteiger partial charge in [-0.15, -0.1) is 0 Å². The second-order valence-electron chi connectivity index (χ2n) is 7.01. The maximum Gasteiger partial charge on any atom is 0.330 e. The molecule has 2 aliphatic rings. The minimum atomic E-state index is -2.06. The largest absolute Gasteiger partial charge is 0.352 e. The van der Waals surface area contributed by atoms with Crippen molar-refractivity contribution < 1.29 is 18.7 Å². The molecular weight excluding hydrogens is 389 g/mol. The summed E-state index contributed by atoms with van der Waals surface area (Å²) in [5, 5.41) is 3.72. The van der Waals surface area contributed by atoms with Gasteiger partial charge in [-0.1, -0.05) is 24.4 Å². The molecule has 11 nitrogen and oxygen atoms in total. The van der Waals surface area contributed by atoms with Crippen molar-refractivity contribution in [1.82, 2.24) is 9.55 Å². The summed E-state index contributed by atoms with van der Waals surface area (Å²) >= 11 is 0. The lowest BCUT2D eigenvalue weighted by Crippen LogP contribution is -2.33. The first kappa shape index (κ1) is 21.0. The molecule has 1 saturated carbocycles. The molecule has 0 amide bonds. The Kier molecular flexibility index (Phi) is 7.23. The van der Waals surface area contributed by atoms with Crippen LogP contribution in [0.15, 0.2) is 20.9 Å². The topological polar surface area (TPSA) is 152 Å². The van der Waals surface area contributed by atoms with Gasteiger partial charge in [0.15, 0.2) is 0 Å². The van der Waals surface area contributed by atoms with Crippen LogP contribution in [0, 0.1) is 6.92 Å². The molecule has 2 N–H and O–H groups in total. The highest BCUT2D eigenvalue weighted by Gasteiger charge is 2.37. The third-order valence-corrected chi connectivity index (χ3v) is 5.85. The van der Waals surface area contributed by atoms with Crippen molar-refractivity contribution in [2.75, 3.05) is 6.61 Å². The van der Waals surface area contributed by atoms with Crippen LogP contribution >= 0.6 is 8.60 Å². The molecular formula is C16H24N5O6P. The number of azide groups is 1. The number of aryl methyl sites for hydroxylation is 1. The van der Waals surface area contributed by atoms with E-state index in [0.29, 0.717) is 5.56 Å². The number of H-pyrrole nitrogens is 1. The molecule has 2 heterocycles. The van der Waals surface area contributed by atoms with Crippen molar-refractivity contribution in [3.05, 3.63) is 43.0 Å². The zero-order valence-corrected chi connectivity index (χ0v) is 16.5. The Balaban J connectivity index is 1.62. The monoisotopic (exact) mass is 413 g/mol. The first-order chi connectivity index (χ1) is 13.5. The third kappa shape index (κ3) is 5.20. The van der Waals surface area contributed by atoms with Crippen LogP contribution in [0.3, 0.4) is 0 Å². The number of aromatic nitrogens is 2. The van der Waals surface area contributed by atoms with Crippen molar-refractivity contribution in [2.45, 2.75) is 69.9 Å². The summed E-state index contributed by atoms with van der Waals surface area (Å²) < 4.78 is 18.0. The standard InChI is InChI=1S/C16H24N5O6P/c1-10-8-21(16(23)18-15(10)22)14-7-12(19-20-17)13(26-14)9-25-28(24)27-11-5-3-2-4-6-11/h8,11-14,24H,2-7,9H2,1H3,(H,18,22,23)/t12-,13+,14+,28?/m0/s1. The van der Waals surface area contributed by atoms with Crippen LogP contribution in [0.5, 0.6) is 0 Å². The van der Waals surface area contributed by atoms with Gasteiger partial charge >= 0.3 is 14.3 Å². The van der Waals surface area contributed by atoms with E-state index in [0.717, 1.165) is 25.7 Å². The highest BCUT2D eigenvalue weighted by molar-refractivity contribution is 7.40. The molecule has 0 spiro atoms. The number of nitrogens with one attached hydrogen (secondary N) is 1. The van der Waals surface area contributed by atoms with Gasteiger partial charge in [-0.05, 0) is 25.3 Å². The molecule has 0 radical (unpaired) electrons. The Hall–Kier alpha value is -1.74. The molecule has 12 heteroatoms. The second kappa shape index (κ2) is 9.65. The molecule has 154 valence electrons. The van der Waals surface area contributed by atoms with E-state index in [4.69, 9.17) is 19.3 Å². The number of hydrogen-bond donors (Lipinski definition) is 2. The van der Waals surface area contributed by atoms with Crippen molar-refractivity contribution >= 4 is 8.60 Å². The summed E-state index contributed by atoms with van der Waals surface area (Å²) in [6.45, 7) is 1.54. The van der Waals surface area contributed by atoms with Gasteiger partial charge in [-0.2, -0.15) is 0 Å². The van der Waals surface area contributed by atoms with Crippen molar-refractivity contribution in [2.24, 2.45) is 5.11 Å². The first-order valence-electron chi connectivity index (χ1n) is 9.28. The van der Waals surface area contributed by atoms with Gasteiger partial charge in [0.05, 0.1) is 24.9 Å².